The van der Waals surface area contributed by atoms with Gasteiger partial charge in [-0.1, -0.05) is 6.07 Å². The van der Waals surface area contributed by atoms with Crippen molar-refractivity contribution in [2.45, 2.75) is 17.5 Å². The number of carbonyl (C=O) groups excluding carboxylic acids is 1. The number of esters is 1. The molecule has 80 valence electrons. The smallest absolute Gasteiger partial charge is 0.327 e. The van der Waals surface area contributed by atoms with Gasteiger partial charge in [-0.15, -0.1) is 12.6 Å². The molecule has 1 aromatic carbocycles. The molecule has 4 heteroatoms. The Morgan fingerprint density at radius 3 is 3.00 bits per heavy atom. The number of likely N-dealkylation sites (N-methyl/N-ethyl adjacent to an activating group) is 1. The normalized spacial score (nSPS) is 20.1. The van der Waals surface area contributed by atoms with Crippen LogP contribution in [0.1, 0.15) is 17.2 Å². The van der Waals surface area contributed by atoms with Crippen LogP contribution in [-0.2, 0) is 16.1 Å². The highest BCUT2D eigenvalue weighted by Crippen LogP contribution is 2.34. The van der Waals surface area contributed by atoms with Crippen LogP contribution in [0, 0.1) is 0 Å². The number of hydrogen-bond donors (Lipinski definition) is 1. The van der Waals surface area contributed by atoms with E-state index in [1.54, 1.807) is 0 Å². The van der Waals surface area contributed by atoms with Crippen molar-refractivity contribution in [2.75, 3.05) is 14.2 Å². The van der Waals surface area contributed by atoms with Crippen molar-refractivity contribution < 1.29 is 9.53 Å². The monoisotopic (exact) mass is 223 g/mol. The van der Waals surface area contributed by atoms with Crippen molar-refractivity contribution in [1.29, 1.82) is 0 Å². The fraction of sp³-hybridized carbons (Fsp3) is 0.364. The molecule has 3 nitrogen and oxygen atoms in total. The van der Waals surface area contributed by atoms with Gasteiger partial charge in [0.15, 0.2) is 0 Å². The van der Waals surface area contributed by atoms with Gasteiger partial charge < -0.3 is 4.74 Å². The van der Waals surface area contributed by atoms with Crippen LogP contribution in [0.2, 0.25) is 0 Å². The molecule has 1 aliphatic heterocycles. The van der Waals surface area contributed by atoms with Crippen LogP contribution in [-0.4, -0.2) is 25.0 Å². The molecule has 0 radical (unpaired) electrons. The molecule has 0 bridgehead atoms. The first-order chi connectivity index (χ1) is 7.13. The lowest BCUT2D eigenvalue weighted by Crippen LogP contribution is -2.25. The van der Waals surface area contributed by atoms with Gasteiger partial charge in [0.2, 0.25) is 0 Å². The Morgan fingerprint density at radius 2 is 2.33 bits per heavy atom. The van der Waals surface area contributed by atoms with E-state index in [1.807, 2.05) is 30.1 Å². The summed E-state index contributed by atoms with van der Waals surface area (Å²) in [4.78, 5) is 14.5. The maximum atomic E-state index is 11.6. The van der Waals surface area contributed by atoms with Crippen molar-refractivity contribution in [3.63, 3.8) is 0 Å². The van der Waals surface area contributed by atoms with Crippen molar-refractivity contribution in [3.05, 3.63) is 29.3 Å². The van der Waals surface area contributed by atoms with E-state index < -0.39 is 0 Å². The van der Waals surface area contributed by atoms with Crippen molar-refractivity contribution in [3.8, 4) is 0 Å². The Kier molecular flexibility index (Phi) is 2.71. The lowest BCUT2D eigenvalue weighted by atomic mass is 10.1. The number of ether oxygens (including phenoxy) is 1. The number of nitrogens with zero attached hydrogens (tertiary/aromatic N) is 1. The van der Waals surface area contributed by atoms with Crippen LogP contribution in [0.5, 0.6) is 0 Å². The molecular weight excluding hydrogens is 210 g/mol. The topological polar surface area (TPSA) is 29.5 Å². The van der Waals surface area contributed by atoms with Gasteiger partial charge >= 0.3 is 5.97 Å². The number of thiol groups is 1. The molecule has 1 aromatic rings. The van der Waals surface area contributed by atoms with Crippen molar-refractivity contribution in [1.82, 2.24) is 4.90 Å². The average molecular weight is 223 g/mol. The fourth-order valence-corrected chi connectivity index (χ4v) is 2.24. The van der Waals surface area contributed by atoms with Crippen LogP contribution < -0.4 is 0 Å². The summed E-state index contributed by atoms with van der Waals surface area (Å²) in [5, 5.41) is 0. The summed E-state index contributed by atoms with van der Waals surface area (Å²) in [5.41, 5.74) is 2.18. The fourth-order valence-electron chi connectivity index (χ4n) is 2.01. The zero-order chi connectivity index (χ0) is 11.0. The molecule has 0 N–H and O–H groups in total. The zero-order valence-corrected chi connectivity index (χ0v) is 9.62. The van der Waals surface area contributed by atoms with E-state index in [4.69, 9.17) is 4.74 Å². The number of fused-ring (bicyclic) bond motifs is 1. The van der Waals surface area contributed by atoms with E-state index >= 15 is 0 Å². The number of rotatable bonds is 1. The van der Waals surface area contributed by atoms with Crippen LogP contribution in [0.4, 0.5) is 0 Å². The molecule has 0 aliphatic carbocycles. The maximum Gasteiger partial charge on any atom is 0.327 e. The molecule has 0 spiro atoms. The third-order valence-corrected chi connectivity index (χ3v) is 2.98. The van der Waals surface area contributed by atoms with Crippen LogP contribution >= 0.6 is 12.6 Å². The molecular formula is C11H13NO2S. The van der Waals surface area contributed by atoms with Crippen LogP contribution in [0.15, 0.2) is 23.1 Å². The van der Waals surface area contributed by atoms with Crippen molar-refractivity contribution >= 4 is 18.6 Å². The highest BCUT2D eigenvalue weighted by Gasteiger charge is 2.33. The summed E-state index contributed by atoms with van der Waals surface area (Å²) in [6.45, 7) is 0.767. The van der Waals surface area contributed by atoms with Gasteiger partial charge in [0.25, 0.3) is 0 Å². The molecule has 1 unspecified atom stereocenters. The maximum absolute atomic E-state index is 11.6. The Morgan fingerprint density at radius 1 is 1.60 bits per heavy atom. The molecule has 0 amide bonds. The van der Waals surface area contributed by atoms with E-state index in [2.05, 4.69) is 12.6 Å². The summed E-state index contributed by atoms with van der Waals surface area (Å²) >= 11 is 4.28. The minimum absolute atomic E-state index is 0.205. The summed E-state index contributed by atoms with van der Waals surface area (Å²) < 4.78 is 4.79. The van der Waals surface area contributed by atoms with E-state index in [-0.39, 0.29) is 12.0 Å². The predicted octanol–water partition coefficient (Wildman–Crippen LogP) is 1.63. The van der Waals surface area contributed by atoms with E-state index in [9.17, 15) is 4.79 Å². The Hall–Kier alpha value is -1.00. The zero-order valence-electron chi connectivity index (χ0n) is 8.73. The second kappa shape index (κ2) is 3.87. The van der Waals surface area contributed by atoms with Gasteiger partial charge in [0, 0.05) is 11.4 Å². The lowest BCUT2D eigenvalue weighted by molar-refractivity contribution is -0.146. The second-order valence-corrected chi connectivity index (χ2v) is 4.24. The van der Waals surface area contributed by atoms with E-state index in [1.165, 1.54) is 7.11 Å². The molecule has 0 aromatic heterocycles. The summed E-state index contributed by atoms with van der Waals surface area (Å²) in [7, 11) is 3.33. The number of carbonyl (C=O) groups is 1. The number of benzene rings is 1. The van der Waals surface area contributed by atoms with Gasteiger partial charge in [-0.2, -0.15) is 0 Å². The Labute approximate surface area is 94.4 Å². The Balaban J connectivity index is 2.41. The molecule has 1 aliphatic rings. The molecule has 1 heterocycles. The first-order valence-electron chi connectivity index (χ1n) is 4.73. The largest absolute Gasteiger partial charge is 0.468 e. The SMILES string of the molecule is COC(=O)C1c2ccc(S)cc2CN1C. The van der Waals surface area contributed by atoms with Crippen LogP contribution in [0.25, 0.3) is 0 Å². The highest BCUT2D eigenvalue weighted by molar-refractivity contribution is 7.80. The van der Waals surface area contributed by atoms with Crippen LogP contribution in [0.3, 0.4) is 0 Å². The minimum Gasteiger partial charge on any atom is -0.468 e. The van der Waals surface area contributed by atoms with Gasteiger partial charge in [-0.3, -0.25) is 4.90 Å². The third-order valence-electron chi connectivity index (χ3n) is 2.71. The van der Waals surface area contributed by atoms with Gasteiger partial charge in [-0.25, -0.2) is 4.79 Å². The number of hydrogen-bond acceptors (Lipinski definition) is 4. The summed E-state index contributed by atoms with van der Waals surface area (Å²) in [5.74, 6) is -0.205. The second-order valence-electron chi connectivity index (χ2n) is 3.72. The van der Waals surface area contributed by atoms with E-state index in [0.717, 1.165) is 22.6 Å². The predicted molar refractivity (Wildman–Crippen MR) is 59.9 cm³/mol. The summed E-state index contributed by atoms with van der Waals surface area (Å²) in [6.07, 6.45) is 0. The standard InChI is InChI=1S/C11H13NO2S/c1-12-6-7-5-8(15)3-4-9(7)10(12)11(13)14-2/h3-5,10,15H,6H2,1-2H3. The first-order valence-corrected chi connectivity index (χ1v) is 5.18. The van der Waals surface area contributed by atoms with Gasteiger partial charge in [-0.05, 0) is 30.3 Å². The van der Waals surface area contributed by atoms with E-state index in [0.29, 0.717) is 0 Å². The molecule has 0 fully saturated rings. The van der Waals surface area contributed by atoms with Crippen molar-refractivity contribution in [2.24, 2.45) is 0 Å². The van der Waals surface area contributed by atoms with Gasteiger partial charge in [0.1, 0.15) is 6.04 Å². The molecule has 1 atom stereocenters. The highest BCUT2D eigenvalue weighted by atomic mass is 32.1. The molecule has 2 rings (SSSR count). The quantitative estimate of drug-likeness (QED) is 0.579. The third kappa shape index (κ3) is 1.75. The number of methoxy groups -OCH3 is 1. The Bertz CT molecular complexity index is 406. The van der Waals surface area contributed by atoms with Gasteiger partial charge in [0.05, 0.1) is 7.11 Å². The molecule has 15 heavy (non-hydrogen) atoms. The molecule has 0 saturated heterocycles. The summed E-state index contributed by atoms with van der Waals surface area (Å²) in [6, 6.07) is 5.58. The average Bonchev–Trinajstić information content (AvgIpc) is 2.52. The minimum atomic E-state index is -0.265. The first kappa shape index (κ1) is 10.5. The molecule has 0 saturated carbocycles. The lowest BCUT2D eigenvalue weighted by Gasteiger charge is -2.17.